The summed E-state index contributed by atoms with van der Waals surface area (Å²) < 4.78 is 0. The van der Waals surface area contributed by atoms with E-state index in [0.29, 0.717) is 0 Å². The second-order valence-electron chi connectivity index (χ2n) is 8.32. The summed E-state index contributed by atoms with van der Waals surface area (Å²) in [7, 11) is 0. The van der Waals surface area contributed by atoms with E-state index in [9.17, 15) is 9.90 Å². The first kappa shape index (κ1) is 18.4. The molecule has 2 N–H and O–H groups in total. The van der Waals surface area contributed by atoms with Gasteiger partial charge in [-0.1, -0.05) is 6.92 Å². The fraction of sp³-hybridized carbons (Fsp3) is 0.789. The molecule has 25 heavy (non-hydrogen) atoms. The van der Waals surface area contributed by atoms with Crippen LogP contribution in [0.1, 0.15) is 57.2 Å². The molecule has 6 heteroatoms. The van der Waals surface area contributed by atoms with Crippen LogP contribution in [0.15, 0.2) is 0 Å². The molecule has 1 amide bonds. The van der Waals surface area contributed by atoms with Crippen LogP contribution in [0, 0.1) is 12.3 Å². The zero-order valence-electron chi connectivity index (χ0n) is 16.1. The molecule has 0 aliphatic carbocycles. The lowest BCUT2D eigenvalue weighted by atomic mass is 9.74. The number of likely N-dealkylation sites (tertiary alicyclic amines) is 2. The van der Waals surface area contributed by atoms with Gasteiger partial charge in [-0.25, -0.2) is 4.98 Å². The number of imidazole rings is 1. The number of nitrogens with zero attached hydrogens (tertiary/aromatic N) is 3. The molecule has 1 atom stereocenters. The number of aliphatic hydroxyl groups is 1. The summed E-state index contributed by atoms with van der Waals surface area (Å²) in [6.45, 7) is 11.6. The quantitative estimate of drug-likeness (QED) is 0.871. The van der Waals surface area contributed by atoms with Gasteiger partial charge < -0.3 is 15.0 Å². The number of nitrogens with one attached hydrogen (secondary N) is 1. The fourth-order valence-corrected chi connectivity index (χ4v) is 4.74. The Morgan fingerprint density at radius 3 is 2.52 bits per heavy atom. The number of amides is 1. The van der Waals surface area contributed by atoms with Crippen molar-refractivity contribution in [3.8, 4) is 0 Å². The van der Waals surface area contributed by atoms with Crippen molar-refractivity contribution in [1.29, 1.82) is 0 Å². The normalized spacial score (nSPS) is 26.5. The molecule has 1 spiro atoms. The topological polar surface area (TPSA) is 72.5 Å². The van der Waals surface area contributed by atoms with E-state index in [-0.39, 0.29) is 17.9 Å². The number of aryl methyl sites for hydroxylation is 2. The molecule has 1 aromatic rings. The average molecular weight is 348 g/mol. The van der Waals surface area contributed by atoms with Crippen molar-refractivity contribution < 1.29 is 9.90 Å². The molecule has 0 aromatic carbocycles. The first-order valence-electron chi connectivity index (χ1n) is 9.47. The molecule has 6 nitrogen and oxygen atoms in total. The number of H-pyrrole nitrogens is 1. The van der Waals surface area contributed by atoms with Crippen LogP contribution in [-0.4, -0.2) is 62.6 Å². The van der Waals surface area contributed by atoms with E-state index < -0.39 is 5.54 Å². The van der Waals surface area contributed by atoms with Gasteiger partial charge >= 0.3 is 0 Å². The zero-order valence-corrected chi connectivity index (χ0v) is 16.1. The summed E-state index contributed by atoms with van der Waals surface area (Å²) in [4.78, 5) is 24.4. The Bertz CT molecular complexity index is 633. The van der Waals surface area contributed by atoms with Crippen LogP contribution in [0.25, 0.3) is 0 Å². The minimum Gasteiger partial charge on any atom is -0.394 e. The van der Waals surface area contributed by atoms with Gasteiger partial charge in [0.1, 0.15) is 5.82 Å². The van der Waals surface area contributed by atoms with E-state index in [1.807, 2.05) is 11.8 Å². The van der Waals surface area contributed by atoms with Crippen LogP contribution >= 0.6 is 0 Å². The minimum absolute atomic E-state index is 0.0459. The van der Waals surface area contributed by atoms with Gasteiger partial charge in [0.25, 0.3) is 0 Å². The number of piperidine rings is 1. The Kier molecular flexibility index (Phi) is 4.95. The van der Waals surface area contributed by atoms with Crippen LogP contribution in [-0.2, 0) is 17.8 Å². The van der Waals surface area contributed by atoms with E-state index in [4.69, 9.17) is 4.98 Å². The monoisotopic (exact) mass is 348 g/mol. The van der Waals surface area contributed by atoms with Gasteiger partial charge in [-0.05, 0) is 51.6 Å². The Labute approximate surface area is 150 Å². The first-order valence-corrected chi connectivity index (χ1v) is 9.47. The lowest BCUT2D eigenvalue weighted by Gasteiger charge is -2.39. The van der Waals surface area contributed by atoms with Crippen LogP contribution < -0.4 is 0 Å². The molecule has 0 bridgehead atoms. The second-order valence-corrected chi connectivity index (χ2v) is 8.32. The smallest absolute Gasteiger partial charge is 0.219 e. The molecule has 2 aliphatic heterocycles. The summed E-state index contributed by atoms with van der Waals surface area (Å²) in [5.74, 6) is 1.14. The highest BCUT2D eigenvalue weighted by molar-refractivity contribution is 5.74. The molecule has 1 aromatic heterocycles. The Morgan fingerprint density at radius 1 is 1.36 bits per heavy atom. The predicted octanol–water partition coefficient (Wildman–Crippen LogP) is 1.87. The zero-order chi connectivity index (χ0) is 18.2. The highest BCUT2D eigenvalue weighted by Gasteiger charge is 2.52. The van der Waals surface area contributed by atoms with Gasteiger partial charge in [-0.15, -0.1) is 0 Å². The number of hydrogen-bond donors (Lipinski definition) is 2. The van der Waals surface area contributed by atoms with Gasteiger partial charge in [0, 0.05) is 32.1 Å². The van der Waals surface area contributed by atoms with Gasteiger partial charge in [-0.2, -0.15) is 0 Å². The van der Waals surface area contributed by atoms with Crippen molar-refractivity contribution in [3.63, 3.8) is 0 Å². The number of carbonyl (C=O) groups excluding carboxylic acids is 1. The molecule has 0 unspecified atom stereocenters. The van der Waals surface area contributed by atoms with Gasteiger partial charge in [-0.3, -0.25) is 9.69 Å². The maximum atomic E-state index is 12.0. The highest BCUT2D eigenvalue weighted by atomic mass is 16.3. The first-order chi connectivity index (χ1) is 11.8. The third-order valence-corrected chi connectivity index (χ3v) is 6.28. The van der Waals surface area contributed by atoms with E-state index in [2.05, 4.69) is 23.7 Å². The van der Waals surface area contributed by atoms with Crippen molar-refractivity contribution in [1.82, 2.24) is 19.8 Å². The summed E-state index contributed by atoms with van der Waals surface area (Å²) in [6, 6.07) is 0. The van der Waals surface area contributed by atoms with Crippen molar-refractivity contribution in [2.45, 2.75) is 65.5 Å². The number of rotatable bonds is 4. The van der Waals surface area contributed by atoms with Crippen LogP contribution in [0.3, 0.4) is 0 Å². The summed E-state index contributed by atoms with van der Waals surface area (Å²) in [5.41, 5.74) is 2.09. The van der Waals surface area contributed by atoms with Crippen LogP contribution in [0.2, 0.25) is 0 Å². The standard InChI is InChI=1S/C19H32N4O2/c1-5-17-20-14(2)16(21-17)10-22-8-6-19(7-9-22)11-18(4,13-24)23(12-19)15(3)25/h24H,5-13H2,1-4H3,(H,20,21)/t18-/m1/s1. The Balaban J connectivity index is 1.63. The third-order valence-electron chi connectivity index (χ3n) is 6.28. The Morgan fingerprint density at radius 2 is 2.04 bits per heavy atom. The van der Waals surface area contributed by atoms with Crippen molar-refractivity contribution in [2.75, 3.05) is 26.2 Å². The lowest BCUT2D eigenvalue weighted by molar-refractivity contribution is -0.134. The lowest BCUT2D eigenvalue weighted by Crippen LogP contribution is -2.46. The molecule has 2 aliphatic rings. The van der Waals surface area contributed by atoms with Crippen molar-refractivity contribution >= 4 is 5.91 Å². The molecular formula is C19H32N4O2. The van der Waals surface area contributed by atoms with E-state index in [1.54, 1.807) is 6.92 Å². The minimum atomic E-state index is -0.400. The van der Waals surface area contributed by atoms with E-state index >= 15 is 0 Å². The molecule has 3 heterocycles. The van der Waals surface area contributed by atoms with E-state index in [0.717, 1.165) is 63.4 Å². The van der Waals surface area contributed by atoms with Gasteiger partial charge in [0.05, 0.1) is 17.8 Å². The molecule has 2 saturated heterocycles. The number of carbonyl (C=O) groups is 1. The largest absolute Gasteiger partial charge is 0.394 e. The third kappa shape index (κ3) is 3.47. The van der Waals surface area contributed by atoms with Gasteiger partial charge in [0.2, 0.25) is 5.91 Å². The molecule has 0 radical (unpaired) electrons. The Hall–Kier alpha value is -1.40. The molecule has 3 rings (SSSR count). The molecular weight excluding hydrogens is 316 g/mol. The second kappa shape index (κ2) is 6.72. The number of aliphatic hydroxyl groups excluding tert-OH is 1. The molecule has 0 saturated carbocycles. The summed E-state index contributed by atoms with van der Waals surface area (Å²) in [5, 5.41) is 9.85. The number of aromatic nitrogens is 2. The maximum absolute atomic E-state index is 12.0. The summed E-state index contributed by atoms with van der Waals surface area (Å²) >= 11 is 0. The van der Waals surface area contributed by atoms with Crippen molar-refractivity contribution in [3.05, 3.63) is 17.2 Å². The maximum Gasteiger partial charge on any atom is 0.219 e. The highest BCUT2D eigenvalue weighted by Crippen LogP contribution is 2.48. The van der Waals surface area contributed by atoms with Gasteiger partial charge in [0.15, 0.2) is 0 Å². The average Bonchev–Trinajstić information content (AvgIpc) is 3.08. The number of hydrogen-bond acceptors (Lipinski definition) is 4. The van der Waals surface area contributed by atoms with Crippen LogP contribution in [0.4, 0.5) is 0 Å². The predicted molar refractivity (Wildman–Crippen MR) is 97.1 cm³/mol. The van der Waals surface area contributed by atoms with Crippen molar-refractivity contribution in [2.24, 2.45) is 5.41 Å². The number of aromatic amines is 1. The molecule has 140 valence electrons. The molecule has 2 fully saturated rings. The van der Waals surface area contributed by atoms with Crippen LogP contribution in [0.5, 0.6) is 0 Å². The summed E-state index contributed by atoms with van der Waals surface area (Å²) in [6.07, 6.45) is 4.00. The SMILES string of the molecule is CCc1nc(CN2CCC3(CC2)CN(C(C)=O)[C@@](C)(CO)C3)c(C)[nH]1. The fourth-order valence-electron chi connectivity index (χ4n) is 4.74. The van der Waals surface area contributed by atoms with E-state index in [1.165, 1.54) is 5.69 Å².